The standard InChI is InChI=1S/C21H34N6O2S/c1-4-15-30(28,29)27-13-9-18(10-14-27)25-21(22-5-2)23-11-8-19-16-26-12-6-7-17(3)20(26)24-19/h6-7,12,16,18H,4-5,8-11,13-15H2,1-3H3,(H2,22,23,25). The highest BCUT2D eigenvalue weighted by Crippen LogP contribution is 2.15. The Morgan fingerprint density at radius 1 is 1.30 bits per heavy atom. The van der Waals surface area contributed by atoms with Gasteiger partial charge < -0.3 is 15.0 Å². The first-order chi connectivity index (χ1) is 14.4. The second-order valence-electron chi connectivity index (χ2n) is 7.80. The van der Waals surface area contributed by atoms with Gasteiger partial charge in [0.25, 0.3) is 0 Å². The second kappa shape index (κ2) is 10.3. The van der Waals surface area contributed by atoms with Crippen LogP contribution in [0.15, 0.2) is 29.5 Å². The van der Waals surface area contributed by atoms with E-state index in [1.54, 1.807) is 4.31 Å². The SMILES string of the molecule is CCCS(=O)(=O)N1CCC(NC(=NCCc2cn3cccc(C)c3n2)NCC)CC1. The van der Waals surface area contributed by atoms with Crippen molar-refractivity contribution < 1.29 is 8.42 Å². The van der Waals surface area contributed by atoms with Crippen molar-refractivity contribution in [2.45, 2.75) is 52.5 Å². The van der Waals surface area contributed by atoms with Gasteiger partial charge in [-0.2, -0.15) is 0 Å². The van der Waals surface area contributed by atoms with E-state index in [4.69, 9.17) is 9.98 Å². The number of aliphatic imine (C=N–C) groups is 1. The van der Waals surface area contributed by atoms with Crippen LogP contribution in [0, 0.1) is 6.92 Å². The van der Waals surface area contributed by atoms with Crippen LogP contribution in [0.25, 0.3) is 5.65 Å². The summed E-state index contributed by atoms with van der Waals surface area (Å²) in [6.45, 7) is 8.57. The third kappa shape index (κ3) is 5.72. The molecule has 0 aromatic carbocycles. The molecule has 0 aliphatic carbocycles. The number of rotatable bonds is 8. The maximum Gasteiger partial charge on any atom is 0.214 e. The van der Waals surface area contributed by atoms with E-state index in [1.165, 1.54) is 0 Å². The number of nitrogens with zero attached hydrogens (tertiary/aromatic N) is 4. The minimum absolute atomic E-state index is 0.230. The molecule has 3 rings (SSSR count). The van der Waals surface area contributed by atoms with E-state index in [0.717, 1.165) is 48.7 Å². The highest BCUT2D eigenvalue weighted by atomic mass is 32.2. The summed E-state index contributed by atoms with van der Waals surface area (Å²) in [5.41, 5.74) is 3.18. The molecule has 1 aliphatic rings. The lowest BCUT2D eigenvalue weighted by atomic mass is 10.1. The molecule has 0 bridgehead atoms. The first kappa shape index (κ1) is 22.6. The Bertz CT molecular complexity index is 961. The molecule has 3 heterocycles. The molecule has 0 unspecified atom stereocenters. The number of nitrogens with one attached hydrogen (secondary N) is 2. The number of guanidine groups is 1. The molecule has 1 aliphatic heterocycles. The van der Waals surface area contributed by atoms with Gasteiger partial charge in [0.15, 0.2) is 5.96 Å². The molecule has 8 nitrogen and oxygen atoms in total. The lowest BCUT2D eigenvalue weighted by Crippen LogP contribution is -2.50. The lowest BCUT2D eigenvalue weighted by Gasteiger charge is -2.32. The van der Waals surface area contributed by atoms with Gasteiger partial charge in [-0.05, 0) is 44.7 Å². The molecule has 1 saturated heterocycles. The fraction of sp³-hybridized carbons (Fsp3) is 0.619. The van der Waals surface area contributed by atoms with Crippen LogP contribution < -0.4 is 10.6 Å². The molecule has 9 heteroatoms. The van der Waals surface area contributed by atoms with Crippen LogP contribution in [0.1, 0.15) is 44.4 Å². The van der Waals surface area contributed by atoms with Gasteiger partial charge in [0, 0.05) is 51.0 Å². The van der Waals surface area contributed by atoms with Crippen molar-refractivity contribution >= 4 is 21.6 Å². The molecule has 0 amide bonds. The zero-order valence-corrected chi connectivity index (χ0v) is 19.1. The average molecular weight is 435 g/mol. The highest BCUT2D eigenvalue weighted by Gasteiger charge is 2.27. The Morgan fingerprint density at radius 3 is 2.73 bits per heavy atom. The molecule has 0 saturated carbocycles. The van der Waals surface area contributed by atoms with Crippen molar-refractivity contribution in [3.05, 3.63) is 35.8 Å². The highest BCUT2D eigenvalue weighted by molar-refractivity contribution is 7.89. The number of aromatic nitrogens is 2. The molecule has 2 aromatic rings. The van der Waals surface area contributed by atoms with Crippen molar-refractivity contribution in [1.82, 2.24) is 24.3 Å². The summed E-state index contributed by atoms with van der Waals surface area (Å²) in [5, 5.41) is 6.77. The zero-order chi connectivity index (χ0) is 21.6. The monoisotopic (exact) mass is 434 g/mol. The molecule has 2 N–H and O–H groups in total. The van der Waals surface area contributed by atoms with E-state index < -0.39 is 10.0 Å². The topological polar surface area (TPSA) is 91.1 Å². The predicted octanol–water partition coefficient (Wildman–Crippen LogP) is 1.94. The summed E-state index contributed by atoms with van der Waals surface area (Å²) in [6, 6.07) is 4.32. The molecule has 2 aromatic heterocycles. The largest absolute Gasteiger partial charge is 0.357 e. The number of sulfonamides is 1. The van der Waals surface area contributed by atoms with Crippen LogP contribution in [-0.4, -0.2) is 66.0 Å². The smallest absolute Gasteiger partial charge is 0.214 e. The van der Waals surface area contributed by atoms with Crippen molar-refractivity contribution in [2.24, 2.45) is 4.99 Å². The van der Waals surface area contributed by atoms with Crippen molar-refractivity contribution in [3.8, 4) is 0 Å². The number of imidazole rings is 1. The van der Waals surface area contributed by atoms with E-state index in [1.807, 2.05) is 26.1 Å². The lowest BCUT2D eigenvalue weighted by molar-refractivity contribution is 0.306. The molecule has 0 spiro atoms. The van der Waals surface area contributed by atoms with Crippen LogP contribution in [0.2, 0.25) is 0 Å². The normalized spacial score (nSPS) is 16.8. The number of hydrogen-bond donors (Lipinski definition) is 2. The minimum atomic E-state index is -3.10. The van der Waals surface area contributed by atoms with Gasteiger partial charge in [-0.1, -0.05) is 13.0 Å². The van der Waals surface area contributed by atoms with Crippen LogP contribution >= 0.6 is 0 Å². The third-order valence-electron chi connectivity index (χ3n) is 5.36. The van der Waals surface area contributed by atoms with Crippen LogP contribution in [-0.2, 0) is 16.4 Å². The van der Waals surface area contributed by atoms with Gasteiger partial charge in [0.1, 0.15) is 5.65 Å². The third-order valence-corrected chi connectivity index (χ3v) is 7.44. The fourth-order valence-corrected chi connectivity index (χ4v) is 5.33. The quantitative estimate of drug-likeness (QED) is 0.489. The predicted molar refractivity (Wildman–Crippen MR) is 121 cm³/mol. The molecule has 1 fully saturated rings. The summed E-state index contributed by atoms with van der Waals surface area (Å²) in [4.78, 5) is 9.41. The Balaban J connectivity index is 1.54. The fourth-order valence-electron chi connectivity index (χ4n) is 3.79. The summed E-state index contributed by atoms with van der Waals surface area (Å²) in [5.74, 6) is 1.02. The number of piperidine rings is 1. The molecule has 0 radical (unpaired) electrons. The van der Waals surface area contributed by atoms with Crippen molar-refractivity contribution in [1.29, 1.82) is 0 Å². The van der Waals surface area contributed by atoms with E-state index in [9.17, 15) is 8.42 Å². The van der Waals surface area contributed by atoms with Gasteiger partial charge in [0.2, 0.25) is 10.0 Å². The summed E-state index contributed by atoms with van der Waals surface area (Å²) < 4.78 is 28.2. The summed E-state index contributed by atoms with van der Waals surface area (Å²) in [7, 11) is -3.10. The minimum Gasteiger partial charge on any atom is -0.357 e. The molecule has 166 valence electrons. The molecular weight excluding hydrogens is 400 g/mol. The number of pyridine rings is 1. The average Bonchev–Trinajstić information content (AvgIpc) is 3.13. The van der Waals surface area contributed by atoms with Gasteiger partial charge >= 0.3 is 0 Å². The van der Waals surface area contributed by atoms with Gasteiger partial charge in [-0.3, -0.25) is 4.99 Å². The Kier molecular flexibility index (Phi) is 7.71. The molecule has 30 heavy (non-hydrogen) atoms. The number of hydrogen-bond acceptors (Lipinski definition) is 4. The van der Waals surface area contributed by atoms with E-state index in [2.05, 4.69) is 34.2 Å². The van der Waals surface area contributed by atoms with E-state index >= 15 is 0 Å². The van der Waals surface area contributed by atoms with Gasteiger partial charge in [0.05, 0.1) is 11.4 Å². The van der Waals surface area contributed by atoms with Crippen LogP contribution in [0.4, 0.5) is 0 Å². The van der Waals surface area contributed by atoms with Crippen molar-refractivity contribution in [2.75, 3.05) is 31.9 Å². The first-order valence-corrected chi connectivity index (χ1v) is 12.5. The van der Waals surface area contributed by atoms with E-state index in [0.29, 0.717) is 26.1 Å². The van der Waals surface area contributed by atoms with Crippen LogP contribution in [0.3, 0.4) is 0 Å². The van der Waals surface area contributed by atoms with Crippen molar-refractivity contribution in [3.63, 3.8) is 0 Å². The molecular formula is C21H34N6O2S. The second-order valence-corrected chi connectivity index (χ2v) is 9.89. The van der Waals surface area contributed by atoms with Gasteiger partial charge in [-0.25, -0.2) is 17.7 Å². The Labute approximate surface area is 179 Å². The van der Waals surface area contributed by atoms with Gasteiger partial charge in [-0.15, -0.1) is 0 Å². The first-order valence-electron chi connectivity index (χ1n) is 10.9. The van der Waals surface area contributed by atoms with E-state index in [-0.39, 0.29) is 11.8 Å². The number of fused-ring (bicyclic) bond motifs is 1. The molecule has 0 atom stereocenters. The maximum atomic E-state index is 12.2. The van der Waals surface area contributed by atoms with Crippen LogP contribution in [0.5, 0.6) is 0 Å². The Morgan fingerprint density at radius 2 is 2.07 bits per heavy atom. The summed E-state index contributed by atoms with van der Waals surface area (Å²) in [6.07, 6.45) is 7.08. The number of aryl methyl sites for hydroxylation is 1. The zero-order valence-electron chi connectivity index (χ0n) is 18.3. The maximum absolute atomic E-state index is 12.2. The Hall–Kier alpha value is -2.13. The summed E-state index contributed by atoms with van der Waals surface area (Å²) >= 11 is 0.